The standard InChI is InChI=1S/C7H8N2O2/c1-9-7-5(4-8-9)6(10)2-3-11-7/h4H,2-3H2,1H3. The first-order valence-corrected chi connectivity index (χ1v) is 3.47. The van der Waals surface area contributed by atoms with Crippen molar-refractivity contribution in [1.82, 2.24) is 9.78 Å². The molecule has 4 nitrogen and oxygen atoms in total. The number of carbonyl (C=O) groups is 1. The van der Waals surface area contributed by atoms with Crippen molar-refractivity contribution < 1.29 is 9.53 Å². The molecular weight excluding hydrogens is 144 g/mol. The Morgan fingerprint density at radius 3 is 3.27 bits per heavy atom. The maximum atomic E-state index is 11.2. The Morgan fingerprint density at radius 1 is 1.73 bits per heavy atom. The van der Waals surface area contributed by atoms with Gasteiger partial charge in [0, 0.05) is 13.5 Å². The number of Topliss-reactive ketones (excluding diaryl/α,β-unsaturated/α-hetero) is 1. The van der Waals surface area contributed by atoms with Crippen molar-refractivity contribution in [3.05, 3.63) is 11.8 Å². The van der Waals surface area contributed by atoms with Crippen LogP contribution in [0.2, 0.25) is 0 Å². The Labute approximate surface area is 63.8 Å². The molecule has 1 aliphatic heterocycles. The molecule has 0 aliphatic carbocycles. The first-order valence-electron chi connectivity index (χ1n) is 3.47. The minimum absolute atomic E-state index is 0.124. The van der Waals surface area contributed by atoms with Crippen molar-refractivity contribution >= 4 is 5.78 Å². The van der Waals surface area contributed by atoms with Crippen LogP contribution in [-0.2, 0) is 7.05 Å². The molecule has 0 aromatic carbocycles. The third-order valence-electron chi connectivity index (χ3n) is 1.75. The molecule has 1 aromatic rings. The summed E-state index contributed by atoms with van der Waals surface area (Å²) in [5, 5.41) is 3.92. The Hall–Kier alpha value is -1.32. The fraction of sp³-hybridized carbons (Fsp3) is 0.429. The van der Waals surface area contributed by atoms with Crippen LogP contribution >= 0.6 is 0 Å². The lowest BCUT2D eigenvalue weighted by Crippen LogP contribution is -2.15. The molecule has 0 amide bonds. The summed E-state index contributed by atoms with van der Waals surface area (Å²) in [4.78, 5) is 11.2. The van der Waals surface area contributed by atoms with E-state index in [-0.39, 0.29) is 5.78 Å². The summed E-state index contributed by atoms with van der Waals surface area (Å²) >= 11 is 0. The summed E-state index contributed by atoms with van der Waals surface area (Å²) in [6.45, 7) is 0.478. The van der Waals surface area contributed by atoms with Crippen molar-refractivity contribution in [3.8, 4) is 5.88 Å². The van der Waals surface area contributed by atoms with Crippen LogP contribution in [0.25, 0.3) is 0 Å². The third kappa shape index (κ3) is 0.824. The molecule has 0 atom stereocenters. The van der Waals surface area contributed by atoms with Gasteiger partial charge in [-0.1, -0.05) is 0 Å². The van der Waals surface area contributed by atoms with Crippen LogP contribution in [0.5, 0.6) is 5.88 Å². The zero-order valence-corrected chi connectivity index (χ0v) is 6.20. The van der Waals surface area contributed by atoms with Crippen LogP contribution in [0.15, 0.2) is 6.20 Å². The number of carbonyl (C=O) groups excluding carboxylic acids is 1. The lowest BCUT2D eigenvalue weighted by Gasteiger charge is -2.12. The fourth-order valence-corrected chi connectivity index (χ4v) is 1.16. The van der Waals surface area contributed by atoms with E-state index in [4.69, 9.17) is 4.74 Å². The molecule has 0 N–H and O–H groups in total. The molecule has 11 heavy (non-hydrogen) atoms. The topological polar surface area (TPSA) is 44.1 Å². The average molecular weight is 152 g/mol. The highest BCUT2D eigenvalue weighted by molar-refractivity contribution is 5.98. The lowest BCUT2D eigenvalue weighted by atomic mass is 10.1. The normalized spacial score (nSPS) is 15.9. The lowest BCUT2D eigenvalue weighted by molar-refractivity contribution is 0.0928. The van der Waals surface area contributed by atoms with E-state index in [9.17, 15) is 4.79 Å². The van der Waals surface area contributed by atoms with Crippen molar-refractivity contribution in [1.29, 1.82) is 0 Å². The molecule has 58 valence electrons. The second-order valence-electron chi connectivity index (χ2n) is 2.51. The van der Waals surface area contributed by atoms with Crippen LogP contribution < -0.4 is 4.74 Å². The van der Waals surface area contributed by atoms with E-state index in [1.165, 1.54) is 0 Å². The SMILES string of the molecule is Cn1ncc2c1OCCC2=O. The number of nitrogens with zero attached hydrogens (tertiary/aromatic N) is 2. The van der Waals surface area contributed by atoms with E-state index in [1.54, 1.807) is 17.9 Å². The van der Waals surface area contributed by atoms with Crippen LogP contribution in [0, 0.1) is 0 Å². The fourth-order valence-electron chi connectivity index (χ4n) is 1.16. The zero-order chi connectivity index (χ0) is 7.84. The summed E-state index contributed by atoms with van der Waals surface area (Å²) in [6.07, 6.45) is 2.02. The van der Waals surface area contributed by atoms with E-state index < -0.39 is 0 Å². The molecule has 2 heterocycles. The number of hydrogen-bond donors (Lipinski definition) is 0. The molecule has 1 aromatic heterocycles. The van der Waals surface area contributed by atoms with E-state index in [2.05, 4.69) is 5.10 Å². The molecule has 2 rings (SSSR count). The van der Waals surface area contributed by atoms with E-state index in [0.717, 1.165) is 0 Å². The average Bonchev–Trinajstić information content (AvgIpc) is 2.35. The number of fused-ring (bicyclic) bond motifs is 1. The smallest absolute Gasteiger partial charge is 0.222 e. The largest absolute Gasteiger partial charge is 0.477 e. The van der Waals surface area contributed by atoms with Gasteiger partial charge >= 0.3 is 0 Å². The quantitative estimate of drug-likeness (QED) is 0.540. The highest BCUT2D eigenvalue weighted by Crippen LogP contribution is 2.22. The minimum atomic E-state index is 0.124. The van der Waals surface area contributed by atoms with E-state index in [1.807, 2.05) is 0 Å². The first kappa shape index (κ1) is 6.39. The van der Waals surface area contributed by atoms with Crippen molar-refractivity contribution in [2.24, 2.45) is 7.05 Å². The monoisotopic (exact) mass is 152 g/mol. The number of hydrogen-bond acceptors (Lipinski definition) is 3. The van der Waals surface area contributed by atoms with Crippen molar-refractivity contribution in [2.45, 2.75) is 6.42 Å². The number of ketones is 1. The highest BCUT2D eigenvalue weighted by atomic mass is 16.5. The minimum Gasteiger partial charge on any atom is -0.477 e. The van der Waals surface area contributed by atoms with E-state index >= 15 is 0 Å². The van der Waals surface area contributed by atoms with Gasteiger partial charge in [-0.3, -0.25) is 4.79 Å². The third-order valence-corrected chi connectivity index (χ3v) is 1.75. The zero-order valence-electron chi connectivity index (χ0n) is 6.20. The Balaban J connectivity index is 2.55. The summed E-state index contributed by atoms with van der Waals surface area (Å²) < 4.78 is 6.82. The number of aryl methyl sites for hydroxylation is 1. The van der Waals surface area contributed by atoms with Gasteiger partial charge in [0.05, 0.1) is 18.4 Å². The molecule has 4 heteroatoms. The van der Waals surface area contributed by atoms with Crippen LogP contribution in [0.4, 0.5) is 0 Å². The molecule has 0 fully saturated rings. The van der Waals surface area contributed by atoms with E-state index in [0.29, 0.717) is 24.5 Å². The molecule has 0 saturated carbocycles. The molecule has 0 bridgehead atoms. The van der Waals surface area contributed by atoms with Crippen LogP contribution in [-0.4, -0.2) is 22.2 Å². The van der Waals surface area contributed by atoms with Crippen molar-refractivity contribution in [2.75, 3.05) is 6.61 Å². The number of ether oxygens (including phenoxy) is 1. The van der Waals surface area contributed by atoms with Gasteiger partial charge in [-0.05, 0) is 0 Å². The molecule has 0 unspecified atom stereocenters. The van der Waals surface area contributed by atoms with Gasteiger partial charge in [0.2, 0.25) is 5.88 Å². The summed E-state index contributed by atoms with van der Waals surface area (Å²) in [7, 11) is 1.76. The van der Waals surface area contributed by atoms with Gasteiger partial charge in [0.1, 0.15) is 0 Å². The Kier molecular flexibility index (Phi) is 1.21. The Bertz CT molecular complexity index is 303. The van der Waals surface area contributed by atoms with Gasteiger partial charge in [-0.15, -0.1) is 0 Å². The molecule has 0 spiro atoms. The molecular formula is C7H8N2O2. The summed E-state index contributed by atoms with van der Waals surface area (Å²) in [6, 6.07) is 0. The molecule has 1 aliphatic rings. The number of aromatic nitrogens is 2. The second-order valence-corrected chi connectivity index (χ2v) is 2.51. The molecule has 0 radical (unpaired) electrons. The predicted octanol–water partition coefficient (Wildman–Crippen LogP) is 0.385. The van der Waals surface area contributed by atoms with Crippen LogP contribution in [0.1, 0.15) is 16.8 Å². The Morgan fingerprint density at radius 2 is 2.55 bits per heavy atom. The second kappa shape index (κ2) is 2.08. The van der Waals surface area contributed by atoms with Gasteiger partial charge in [0.15, 0.2) is 5.78 Å². The summed E-state index contributed by atoms with van der Waals surface area (Å²) in [5.41, 5.74) is 0.610. The highest BCUT2D eigenvalue weighted by Gasteiger charge is 2.21. The van der Waals surface area contributed by atoms with Gasteiger partial charge < -0.3 is 4.74 Å². The van der Waals surface area contributed by atoms with Gasteiger partial charge in [-0.25, -0.2) is 4.68 Å². The maximum Gasteiger partial charge on any atom is 0.222 e. The van der Waals surface area contributed by atoms with Gasteiger partial charge in [-0.2, -0.15) is 5.10 Å². The maximum absolute atomic E-state index is 11.2. The summed E-state index contributed by atoms with van der Waals surface area (Å²) in [5.74, 6) is 0.723. The van der Waals surface area contributed by atoms with Gasteiger partial charge in [0.25, 0.3) is 0 Å². The molecule has 0 saturated heterocycles. The predicted molar refractivity (Wildman–Crippen MR) is 37.7 cm³/mol. The van der Waals surface area contributed by atoms with Crippen molar-refractivity contribution in [3.63, 3.8) is 0 Å². The van der Waals surface area contributed by atoms with Crippen LogP contribution in [0.3, 0.4) is 0 Å². The number of rotatable bonds is 0. The first-order chi connectivity index (χ1) is 5.29.